The summed E-state index contributed by atoms with van der Waals surface area (Å²) in [6, 6.07) is 58.5. The third kappa shape index (κ3) is 3.35. The molecular weight excluding hydrogens is 583 g/mol. The molecule has 48 heavy (non-hydrogen) atoms. The van der Waals surface area contributed by atoms with Gasteiger partial charge in [0.25, 0.3) is 0 Å². The van der Waals surface area contributed by atoms with Gasteiger partial charge in [0.05, 0.1) is 45.4 Å². The molecule has 1 aliphatic heterocycles. The second-order valence-electron chi connectivity index (χ2n) is 12.7. The topological polar surface area (TPSA) is 52.5 Å². The predicted molar refractivity (Wildman–Crippen MR) is 192 cm³/mol. The summed E-state index contributed by atoms with van der Waals surface area (Å²) in [6.07, 6.45) is 0. The molecule has 0 N–H and O–H groups in total. The second-order valence-corrected chi connectivity index (χ2v) is 12.7. The van der Waals surface area contributed by atoms with Crippen molar-refractivity contribution in [2.24, 2.45) is 0 Å². The van der Waals surface area contributed by atoms with Crippen LogP contribution in [-0.2, 0) is 5.41 Å². The number of nitriles is 2. The molecular formula is C45H25N3. The van der Waals surface area contributed by atoms with Crippen LogP contribution in [0, 0.1) is 22.7 Å². The molecule has 0 atom stereocenters. The Kier molecular flexibility index (Phi) is 5.34. The van der Waals surface area contributed by atoms with Crippen LogP contribution in [-0.4, -0.2) is 4.57 Å². The lowest BCUT2D eigenvalue weighted by Crippen LogP contribution is -2.33. The molecule has 0 saturated heterocycles. The fourth-order valence-electron chi connectivity index (χ4n) is 8.44. The largest absolute Gasteiger partial charge is 0.309 e. The van der Waals surface area contributed by atoms with Crippen LogP contribution in [0.1, 0.15) is 33.4 Å². The van der Waals surface area contributed by atoms with E-state index in [2.05, 4.69) is 120 Å². The van der Waals surface area contributed by atoms with Gasteiger partial charge in [-0.05, 0) is 104 Å². The van der Waals surface area contributed by atoms with Crippen molar-refractivity contribution in [2.75, 3.05) is 0 Å². The highest BCUT2D eigenvalue weighted by Gasteiger charge is 2.51. The average Bonchev–Trinajstić information content (AvgIpc) is 3.65. The van der Waals surface area contributed by atoms with Gasteiger partial charge in [-0.3, -0.25) is 0 Å². The zero-order valence-electron chi connectivity index (χ0n) is 25.8. The number of aromatic nitrogens is 1. The number of fused-ring (bicyclic) bond motifs is 12. The third-order valence-corrected chi connectivity index (χ3v) is 10.5. The highest BCUT2D eigenvalue weighted by Crippen LogP contribution is 2.61. The van der Waals surface area contributed by atoms with Crippen LogP contribution in [0.15, 0.2) is 152 Å². The average molecular weight is 608 g/mol. The molecule has 7 aromatic carbocycles. The maximum atomic E-state index is 9.45. The standard InChI is InChI=1S/C45H25N3/c46-26-28-12-16-30(17-13-28)32-20-22-34-35-23-21-33(31-18-14-29(27-47)15-19-31)25-41(35)45(40(34)24-32)38-8-2-4-11-43(38)48-42-10-3-1-6-36(42)37-7-5-9-39(45)44(37)48/h1-25H. The van der Waals surface area contributed by atoms with Crippen molar-refractivity contribution in [2.45, 2.75) is 5.41 Å². The molecule has 0 radical (unpaired) electrons. The third-order valence-electron chi connectivity index (χ3n) is 10.5. The summed E-state index contributed by atoms with van der Waals surface area (Å²) in [6.45, 7) is 0. The highest BCUT2D eigenvalue weighted by atomic mass is 15.0. The van der Waals surface area contributed by atoms with E-state index in [1.165, 1.54) is 60.9 Å². The monoisotopic (exact) mass is 607 g/mol. The second kappa shape index (κ2) is 9.66. The SMILES string of the molecule is N#Cc1ccc(-c2ccc3c(c2)C2(c4cc(-c5ccc(C#N)cc5)ccc4-3)c3ccccc3-n3c4ccccc4c4cccc2c43)cc1. The fourth-order valence-corrected chi connectivity index (χ4v) is 8.44. The van der Waals surface area contributed by atoms with Crippen molar-refractivity contribution < 1.29 is 0 Å². The van der Waals surface area contributed by atoms with Crippen molar-refractivity contribution in [1.29, 1.82) is 10.5 Å². The number of rotatable bonds is 2. The van der Waals surface area contributed by atoms with Gasteiger partial charge in [-0.15, -0.1) is 0 Å². The molecule has 1 spiro atoms. The zero-order chi connectivity index (χ0) is 32.0. The van der Waals surface area contributed by atoms with Crippen LogP contribution >= 0.6 is 0 Å². The minimum absolute atomic E-state index is 0.587. The van der Waals surface area contributed by atoms with Crippen LogP contribution in [0.4, 0.5) is 0 Å². The van der Waals surface area contributed by atoms with Gasteiger partial charge in [0.1, 0.15) is 0 Å². The smallest absolute Gasteiger partial charge is 0.0991 e. The Balaban J connectivity index is 1.35. The number of hydrogen-bond donors (Lipinski definition) is 0. The van der Waals surface area contributed by atoms with Gasteiger partial charge in [-0.25, -0.2) is 0 Å². The van der Waals surface area contributed by atoms with Crippen molar-refractivity contribution in [1.82, 2.24) is 4.57 Å². The van der Waals surface area contributed by atoms with Gasteiger partial charge < -0.3 is 4.57 Å². The van der Waals surface area contributed by atoms with E-state index in [4.69, 9.17) is 0 Å². The first kappa shape index (κ1) is 26.5. The molecule has 220 valence electrons. The number of para-hydroxylation sites is 3. The molecule has 1 aliphatic carbocycles. The van der Waals surface area contributed by atoms with Crippen LogP contribution < -0.4 is 0 Å². The summed E-state index contributed by atoms with van der Waals surface area (Å²) in [4.78, 5) is 0. The Bertz CT molecular complexity index is 2620. The Morgan fingerprint density at radius 2 is 0.958 bits per heavy atom. The first-order valence-electron chi connectivity index (χ1n) is 16.1. The molecule has 10 rings (SSSR count). The van der Waals surface area contributed by atoms with Crippen molar-refractivity contribution in [3.63, 3.8) is 0 Å². The quantitative estimate of drug-likeness (QED) is 0.196. The lowest BCUT2D eigenvalue weighted by atomic mass is 9.65. The van der Waals surface area contributed by atoms with Crippen molar-refractivity contribution in [3.05, 3.63) is 185 Å². The van der Waals surface area contributed by atoms with Gasteiger partial charge in [-0.2, -0.15) is 10.5 Å². The zero-order valence-corrected chi connectivity index (χ0v) is 25.8. The van der Waals surface area contributed by atoms with E-state index in [9.17, 15) is 10.5 Å². The van der Waals surface area contributed by atoms with E-state index in [1.54, 1.807) is 0 Å². The van der Waals surface area contributed by atoms with E-state index >= 15 is 0 Å². The van der Waals surface area contributed by atoms with Gasteiger partial charge in [0.2, 0.25) is 0 Å². The summed E-state index contributed by atoms with van der Waals surface area (Å²) in [5.41, 5.74) is 16.2. The first-order valence-corrected chi connectivity index (χ1v) is 16.1. The molecule has 2 heterocycles. The maximum absolute atomic E-state index is 9.45. The van der Waals surface area contributed by atoms with Crippen LogP contribution in [0.2, 0.25) is 0 Å². The first-order chi connectivity index (χ1) is 23.7. The lowest BCUT2D eigenvalue weighted by Gasteiger charge is -2.40. The number of nitrogens with zero attached hydrogens (tertiary/aromatic N) is 3. The normalized spacial score (nSPS) is 13.1. The van der Waals surface area contributed by atoms with Crippen LogP contribution in [0.5, 0.6) is 0 Å². The van der Waals surface area contributed by atoms with Crippen molar-refractivity contribution in [3.8, 4) is 51.2 Å². The Labute approximate surface area is 277 Å². The molecule has 3 heteroatoms. The number of benzene rings is 7. The summed E-state index contributed by atoms with van der Waals surface area (Å²) in [5, 5.41) is 21.4. The fraction of sp³-hybridized carbons (Fsp3) is 0.0222. The highest BCUT2D eigenvalue weighted by molar-refractivity contribution is 6.13. The maximum Gasteiger partial charge on any atom is 0.0991 e. The molecule has 0 bridgehead atoms. The summed E-state index contributed by atoms with van der Waals surface area (Å²) in [7, 11) is 0. The summed E-state index contributed by atoms with van der Waals surface area (Å²) in [5.74, 6) is 0. The van der Waals surface area contributed by atoms with Gasteiger partial charge >= 0.3 is 0 Å². The van der Waals surface area contributed by atoms with Gasteiger partial charge in [0.15, 0.2) is 0 Å². The Morgan fingerprint density at radius 1 is 0.438 bits per heavy atom. The van der Waals surface area contributed by atoms with Gasteiger partial charge in [0, 0.05) is 10.8 Å². The van der Waals surface area contributed by atoms with Crippen molar-refractivity contribution >= 4 is 21.8 Å². The molecule has 2 aliphatic rings. The Hall–Kier alpha value is -6.68. The van der Waals surface area contributed by atoms with E-state index in [0.29, 0.717) is 11.1 Å². The van der Waals surface area contributed by atoms with E-state index in [-0.39, 0.29) is 0 Å². The lowest BCUT2D eigenvalue weighted by molar-refractivity contribution is 0.749. The summed E-state index contributed by atoms with van der Waals surface area (Å²) >= 11 is 0. The van der Waals surface area contributed by atoms with Gasteiger partial charge in [-0.1, -0.05) is 103 Å². The number of hydrogen-bond acceptors (Lipinski definition) is 2. The van der Waals surface area contributed by atoms with Crippen LogP contribution in [0.25, 0.3) is 60.9 Å². The molecule has 8 aromatic rings. The molecule has 3 nitrogen and oxygen atoms in total. The Morgan fingerprint density at radius 3 is 1.58 bits per heavy atom. The summed E-state index contributed by atoms with van der Waals surface area (Å²) < 4.78 is 2.47. The van der Waals surface area contributed by atoms with E-state index < -0.39 is 5.41 Å². The van der Waals surface area contributed by atoms with E-state index in [0.717, 1.165) is 22.3 Å². The minimum atomic E-state index is -0.587. The molecule has 0 unspecified atom stereocenters. The molecule has 0 saturated carbocycles. The minimum Gasteiger partial charge on any atom is -0.309 e. The molecule has 0 fully saturated rings. The predicted octanol–water partition coefficient (Wildman–Crippen LogP) is 10.5. The van der Waals surface area contributed by atoms with E-state index in [1.807, 2.05) is 48.5 Å². The van der Waals surface area contributed by atoms with Crippen LogP contribution in [0.3, 0.4) is 0 Å². The molecule has 1 aromatic heterocycles. The molecule has 0 amide bonds.